The first-order chi connectivity index (χ1) is 14.2. The molecule has 0 radical (unpaired) electrons. The molecule has 1 aliphatic rings. The van der Waals surface area contributed by atoms with Crippen LogP contribution in [0, 0.1) is 0 Å². The highest BCUT2D eigenvalue weighted by atomic mass is 16.5. The van der Waals surface area contributed by atoms with Crippen molar-refractivity contribution in [3.63, 3.8) is 0 Å². The third-order valence-corrected chi connectivity index (χ3v) is 4.92. The Morgan fingerprint density at radius 3 is 2.69 bits per heavy atom. The third-order valence-electron chi connectivity index (χ3n) is 4.92. The van der Waals surface area contributed by atoms with Crippen molar-refractivity contribution in [3.8, 4) is 11.6 Å². The van der Waals surface area contributed by atoms with Gasteiger partial charge in [0.15, 0.2) is 5.76 Å². The standard InChI is InChI=1S/C21H24N4O4/c1-24(15-16-4-6-17(7-5-16)25-10-13-27-14-11-25)20(26)9-8-19-22-21(23-29-19)18-3-2-12-28-18/h2-7,12H,8-11,13-15H2,1H3. The van der Waals surface area contributed by atoms with E-state index in [1.807, 2.05) is 0 Å². The summed E-state index contributed by atoms with van der Waals surface area (Å²) in [5, 5.41) is 3.88. The summed E-state index contributed by atoms with van der Waals surface area (Å²) in [5.74, 6) is 1.39. The smallest absolute Gasteiger partial charge is 0.238 e. The van der Waals surface area contributed by atoms with Crippen LogP contribution in [0.3, 0.4) is 0 Å². The van der Waals surface area contributed by atoms with Crippen LogP contribution < -0.4 is 4.90 Å². The second-order valence-electron chi connectivity index (χ2n) is 7.00. The highest BCUT2D eigenvalue weighted by Gasteiger charge is 2.15. The number of hydrogen-bond donors (Lipinski definition) is 0. The number of nitrogens with zero attached hydrogens (tertiary/aromatic N) is 4. The number of carbonyl (C=O) groups excluding carboxylic acids is 1. The first-order valence-corrected chi connectivity index (χ1v) is 9.71. The maximum atomic E-state index is 12.5. The Morgan fingerprint density at radius 2 is 1.97 bits per heavy atom. The Hall–Kier alpha value is -3.13. The van der Waals surface area contributed by atoms with Crippen molar-refractivity contribution >= 4 is 11.6 Å². The SMILES string of the molecule is CN(Cc1ccc(N2CCOCC2)cc1)C(=O)CCc1nc(-c2ccco2)no1. The molecule has 1 fully saturated rings. The fourth-order valence-electron chi connectivity index (χ4n) is 3.26. The van der Waals surface area contributed by atoms with Crippen molar-refractivity contribution in [1.82, 2.24) is 15.0 Å². The van der Waals surface area contributed by atoms with Crippen LogP contribution in [0.5, 0.6) is 0 Å². The molecule has 1 amide bonds. The number of furan rings is 1. The molecule has 1 aromatic carbocycles. The number of hydrogen-bond acceptors (Lipinski definition) is 7. The fraction of sp³-hybridized carbons (Fsp3) is 0.381. The molecule has 29 heavy (non-hydrogen) atoms. The average molecular weight is 396 g/mol. The Labute approximate surface area is 169 Å². The molecule has 1 saturated heterocycles. The first kappa shape index (κ1) is 19.2. The minimum atomic E-state index is 0.0278. The van der Waals surface area contributed by atoms with Gasteiger partial charge in [0.2, 0.25) is 17.6 Å². The Balaban J connectivity index is 1.27. The lowest BCUT2D eigenvalue weighted by Gasteiger charge is -2.29. The monoisotopic (exact) mass is 396 g/mol. The van der Waals surface area contributed by atoms with Crippen molar-refractivity contribution in [1.29, 1.82) is 0 Å². The van der Waals surface area contributed by atoms with Gasteiger partial charge in [0.1, 0.15) is 0 Å². The van der Waals surface area contributed by atoms with E-state index in [1.165, 1.54) is 5.69 Å². The molecule has 0 spiro atoms. The first-order valence-electron chi connectivity index (χ1n) is 9.71. The van der Waals surface area contributed by atoms with Crippen LogP contribution in [0.2, 0.25) is 0 Å². The second kappa shape index (κ2) is 8.91. The Morgan fingerprint density at radius 1 is 1.17 bits per heavy atom. The summed E-state index contributed by atoms with van der Waals surface area (Å²) < 4.78 is 15.8. The number of carbonyl (C=O) groups is 1. The molecule has 0 atom stereocenters. The van der Waals surface area contributed by atoms with Crippen LogP contribution in [0.25, 0.3) is 11.6 Å². The highest BCUT2D eigenvalue weighted by Crippen LogP contribution is 2.18. The third kappa shape index (κ3) is 4.83. The Bertz CT molecular complexity index is 915. The molecule has 0 bridgehead atoms. The number of aryl methyl sites for hydroxylation is 1. The molecule has 8 nitrogen and oxygen atoms in total. The van der Waals surface area contributed by atoms with E-state index in [2.05, 4.69) is 39.3 Å². The molecule has 1 aliphatic heterocycles. The lowest BCUT2D eigenvalue weighted by atomic mass is 10.1. The topological polar surface area (TPSA) is 84.8 Å². The van der Waals surface area contributed by atoms with Crippen LogP contribution in [0.15, 0.2) is 51.6 Å². The van der Waals surface area contributed by atoms with Crippen LogP contribution in [-0.4, -0.2) is 54.3 Å². The van der Waals surface area contributed by atoms with Gasteiger partial charge in [-0.1, -0.05) is 17.3 Å². The molecule has 3 heterocycles. The second-order valence-corrected chi connectivity index (χ2v) is 7.00. The minimum absolute atomic E-state index is 0.0278. The number of benzene rings is 1. The van der Waals surface area contributed by atoms with Crippen LogP contribution in [0.4, 0.5) is 5.69 Å². The number of amides is 1. The Kier molecular flexibility index (Phi) is 5.90. The molecule has 152 valence electrons. The summed E-state index contributed by atoms with van der Waals surface area (Å²) in [6.07, 6.45) is 2.26. The molecule has 8 heteroatoms. The zero-order valence-electron chi connectivity index (χ0n) is 16.4. The van der Waals surface area contributed by atoms with E-state index in [-0.39, 0.29) is 5.91 Å². The van der Waals surface area contributed by atoms with Gasteiger partial charge in [-0.3, -0.25) is 4.79 Å². The van der Waals surface area contributed by atoms with E-state index in [4.69, 9.17) is 13.7 Å². The summed E-state index contributed by atoms with van der Waals surface area (Å²) in [5.41, 5.74) is 2.28. The molecule has 3 aromatic rings. The predicted molar refractivity (Wildman–Crippen MR) is 106 cm³/mol. The van der Waals surface area contributed by atoms with Crippen molar-refractivity contribution in [2.24, 2.45) is 0 Å². The van der Waals surface area contributed by atoms with E-state index in [0.717, 1.165) is 31.9 Å². The number of aromatic nitrogens is 2. The van der Waals surface area contributed by atoms with Crippen molar-refractivity contribution in [3.05, 3.63) is 54.1 Å². The van der Waals surface area contributed by atoms with Crippen LogP contribution in [-0.2, 0) is 22.5 Å². The fourth-order valence-corrected chi connectivity index (χ4v) is 3.26. The summed E-state index contributed by atoms with van der Waals surface area (Å²) in [4.78, 5) is 20.8. The maximum absolute atomic E-state index is 12.5. The molecular formula is C21H24N4O4. The van der Waals surface area contributed by atoms with Crippen LogP contribution >= 0.6 is 0 Å². The van der Waals surface area contributed by atoms with Gasteiger partial charge in [-0.15, -0.1) is 0 Å². The predicted octanol–water partition coefficient (Wildman–Crippen LogP) is 2.76. The molecular weight excluding hydrogens is 372 g/mol. The molecule has 0 unspecified atom stereocenters. The van der Waals surface area contributed by atoms with Gasteiger partial charge in [-0.25, -0.2) is 0 Å². The van der Waals surface area contributed by atoms with Crippen molar-refractivity contribution < 1.29 is 18.5 Å². The van der Waals surface area contributed by atoms with E-state index >= 15 is 0 Å². The molecule has 4 rings (SSSR count). The van der Waals surface area contributed by atoms with Gasteiger partial charge < -0.3 is 23.5 Å². The van der Waals surface area contributed by atoms with Gasteiger partial charge in [-0.2, -0.15) is 4.98 Å². The zero-order chi connectivity index (χ0) is 20.1. The van der Waals surface area contributed by atoms with Gasteiger partial charge in [0, 0.05) is 45.2 Å². The van der Waals surface area contributed by atoms with E-state index < -0.39 is 0 Å². The van der Waals surface area contributed by atoms with Gasteiger partial charge >= 0.3 is 0 Å². The van der Waals surface area contributed by atoms with Gasteiger partial charge in [-0.05, 0) is 29.8 Å². The van der Waals surface area contributed by atoms with Crippen LogP contribution in [0.1, 0.15) is 17.9 Å². The summed E-state index contributed by atoms with van der Waals surface area (Å²) in [7, 11) is 1.81. The molecule has 0 saturated carbocycles. The average Bonchev–Trinajstić information content (AvgIpc) is 3.45. The van der Waals surface area contributed by atoms with Gasteiger partial charge in [0.25, 0.3) is 0 Å². The highest BCUT2D eigenvalue weighted by molar-refractivity contribution is 5.76. The van der Waals surface area contributed by atoms with E-state index in [0.29, 0.717) is 36.9 Å². The number of ether oxygens (including phenoxy) is 1. The number of rotatable bonds is 7. The normalized spacial score (nSPS) is 14.2. The van der Waals surface area contributed by atoms with E-state index in [1.54, 1.807) is 30.3 Å². The quantitative estimate of drug-likeness (QED) is 0.607. The summed E-state index contributed by atoms with van der Waals surface area (Å²) >= 11 is 0. The zero-order valence-corrected chi connectivity index (χ0v) is 16.4. The molecule has 0 N–H and O–H groups in total. The van der Waals surface area contributed by atoms with Gasteiger partial charge in [0.05, 0.1) is 19.5 Å². The van der Waals surface area contributed by atoms with E-state index in [9.17, 15) is 4.79 Å². The van der Waals surface area contributed by atoms with Crippen molar-refractivity contribution in [2.45, 2.75) is 19.4 Å². The largest absolute Gasteiger partial charge is 0.461 e. The van der Waals surface area contributed by atoms with Crippen molar-refractivity contribution in [2.75, 3.05) is 38.3 Å². The lowest BCUT2D eigenvalue weighted by Crippen LogP contribution is -2.36. The number of anilines is 1. The number of morpholine rings is 1. The maximum Gasteiger partial charge on any atom is 0.238 e. The minimum Gasteiger partial charge on any atom is -0.461 e. The molecule has 0 aliphatic carbocycles. The summed E-state index contributed by atoms with van der Waals surface area (Å²) in [6, 6.07) is 11.9. The summed E-state index contributed by atoms with van der Waals surface area (Å²) in [6.45, 7) is 3.91. The lowest BCUT2D eigenvalue weighted by molar-refractivity contribution is -0.130. The molecule has 2 aromatic heterocycles.